The number of carbonyl (C=O) groups is 1. The molecule has 3 aromatic rings. The number of hydrogen-bond acceptors (Lipinski definition) is 5. The third-order valence-electron chi connectivity index (χ3n) is 4.53. The van der Waals surface area contributed by atoms with Crippen molar-refractivity contribution in [2.24, 2.45) is 0 Å². The highest BCUT2D eigenvalue weighted by molar-refractivity contribution is 5.95. The highest BCUT2D eigenvalue weighted by Crippen LogP contribution is 2.36. The summed E-state index contributed by atoms with van der Waals surface area (Å²) in [6, 6.07) is 8.36. The number of methoxy groups -OCH3 is 1. The van der Waals surface area contributed by atoms with Crippen molar-refractivity contribution in [2.45, 2.75) is 25.9 Å². The van der Waals surface area contributed by atoms with Gasteiger partial charge < -0.3 is 14.6 Å². The lowest BCUT2D eigenvalue weighted by Crippen LogP contribution is -2.14. The van der Waals surface area contributed by atoms with Crippen molar-refractivity contribution in [3.05, 3.63) is 47.8 Å². The highest BCUT2D eigenvalue weighted by atomic mass is 19.3. The standard InChI is InChI=1S/C20H17F2N3O4/c1-20(2,10-23)12-4-5-25-13(9-24-16(25)8-12)11-6-14(28-3)17(18(26)27)15(7-11)29-19(21)22/h4-9,19H,1-3H3,(H,26,27). The van der Waals surface area contributed by atoms with Crippen molar-refractivity contribution in [3.63, 3.8) is 0 Å². The van der Waals surface area contributed by atoms with Crippen molar-refractivity contribution in [2.75, 3.05) is 7.11 Å². The fourth-order valence-corrected chi connectivity index (χ4v) is 2.95. The Balaban J connectivity index is 2.19. The maximum Gasteiger partial charge on any atom is 0.387 e. The van der Waals surface area contributed by atoms with Gasteiger partial charge in [-0.3, -0.25) is 4.40 Å². The first kappa shape index (κ1) is 20.1. The van der Waals surface area contributed by atoms with Crippen LogP contribution in [0.25, 0.3) is 16.9 Å². The van der Waals surface area contributed by atoms with Gasteiger partial charge in [0, 0.05) is 11.8 Å². The summed E-state index contributed by atoms with van der Waals surface area (Å²) in [4.78, 5) is 15.8. The number of carboxylic acids is 1. The SMILES string of the molecule is COc1cc(-c2cnc3cc(C(C)(C)C#N)ccn23)cc(OC(F)F)c1C(=O)O. The van der Waals surface area contributed by atoms with Crippen LogP contribution in [0.1, 0.15) is 29.8 Å². The van der Waals surface area contributed by atoms with E-state index in [1.54, 1.807) is 36.6 Å². The van der Waals surface area contributed by atoms with Crippen LogP contribution < -0.4 is 9.47 Å². The number of benzene rings is 1. The lowest BCUT2D eigenvalue weighted by atomic mass is 9.87. The molecular formula is C20H17F2N3O4. The summed E-state index contributed by atoms with van der Waals surface area (Å²) in [5, 5.41) is 18.7. The van der Waals surface area contributed by atoms with Gasteiger partial charge in [-0.25, -0.2) is 9.78 Å². The number of nitriles is 1. The fraction of sp³-hybridized carbons (Fsp3) is 0.250. The van der Waals surface area contributed by atoms with E-state index in [2.05, 4.69) is 15.8 Å². The Bertz CT molecular complexity index is 1130. The molecule has 0 radical (unpaired) electrons. The van der Waals surface area contributed by atoms with Gasteiger partial charge in [0.15, 0.2) is 0 Å². The maximum atomic E-state index is 12.8. The van der Waals surface area contributed by atoms with Crippen molar-refractivity contribution < 1.29 is 28.2 Å². The summed E-state index contributed by atoms with van der Waals surface area (Å²) in [6.45, 7) is 0.365. The summed E-state index contributed by atoms with van der Waals surface area (Å²) in [5.41, 5.74) is 0.989. The zero-order chi connectivity index (χ0) is 21.3. The molecule has 9 heteroatoms. The average Bonchev–Trinajstić information content (AvgIpc) is 3.09. The molecule has 0 atom stereocenters. The van der Waals surface area contributed by atoms with Gasteiger partial charge in [0.05, 0.1) is 30.5 Å². The highest BCUT2D eigenvalue weighted by Gasteiger charge is 2.24. The van der Waals surface area contributed by atoms with Crippen molar-refractivity contribution in [3.8, 4) is 28.8 Å². The van der Waals surface area contributed by atoms with Gasteiger partial charge in [-0.1, -0.05) is 0 Å². The van der Waals surface area contributed by atoms with Crippen molar-refractivity contribution in [1.29, 1.82) is 5.26 Å². The molecule has 0 aliphatic heterocycles. The summed E-state index contributed by atoms with van der Waals surface area (Å²) in [6.07, 6.45) is 3.22. The van der Waals surface area contributed by atoms with Gasteiger partial charge in [-0.2, -0.15) is 14.0 Å². The van der Waals surface area contributed by atoms with Gasteiger partial charge in [-0.15, -0.1) is 0 Å². The Morgan fingerprint density at radius 3 is 2.59 bits per heavy atom. The largest absolute Gasteiger partial charge is 0.496 e. The number of hydrogen-bond donors (Lipinski definition) is 1. The van der Waals surface area contributed by atoms with Crippen LogP contribution in [0.15, 0.2) is 36.7 Å². The Kier molecular flexibility index (Phi) is 5.12. The summed E-state index contributed by atoms with van der Waals surface area (Å²) in [5.74, 6) is -2.09. The molecule has 0 spiro atoms. The number of carboxylic acid groups (broad SMARTS) is 1. The van der Waals surface area contributed by atoms with E-state index in [1.807, 2.05) is 0 Å². The molecule has 2 heterocycles. The first-order chi connectivity index (χ1) is 13.7. The number of ether oxygens (including phenoxy) is 2. The van der Waals surface area contributed by atoms with Crippen LogP contribution in [0.5, 0.6) is 11.5 Å². The third-order valence-corrected chi connectivity index (χ3v) is 4.53. The van der Waals surface area contributed by atoms with E-state index in [0.717, 1.165) is 5.56 Å². The van der Waals surface area contributed by atoms with E-state index in [1.165, 1.54) is 25.4 Å². The topological polar surface area (TPSA) is 96.9 Å². The van der Waals surface area contributed by atoms with Gasteiger partial charge in [0.2, 0.25) is 0 Å². The smallest absolute Gasteiger partial charge is 0.387 e. The second-order valence-corrected chi connectivity index (χ2v) is 6.76. The van der Waals surface area contributed by atoms with Crippen LogP contribution in [0.4, 0.5) is 8.78 Å². The molecule has 0 aliphatic rings. The lowest BCUT2D eigenvalue weighted by Gasteiger charge is -2.16. The predicted molar refractivity (Wildman–Crippen MR) is 99.4 cm³/mol. The molecule has 2 aromatic heterocycles. The van der Waals surface area contributed by atoms with Crippen LogP contribution in [-0.2, 0) is 5.41 Å². The number of nitrogens with zero attached hydrogens (tertiary/aromatic N) is 3. The zero-order valence-corrected chi connectivity index (χ0v) is 15.8. The Morgan fingerprint density at radius 2 is 2.00 bits per heavy atom. The van der Waals surface area contributed by atoms with Gasteiger partial charge >= 0.3 is 12.6 Å². The molecule has 0 unspecified atom stereocenters. The molecule has 0 saturated carbocycles. The molecule has 1 N–H and O–H groups in total. The molecule has 0 saturated heterocycles. The molecule has 3 rings (SSSR count). The molecule has 1 aromatic carbocycles. The minimum absolute atomic E-state index is 0.122. The minimum atomic E-state index is -3.20. The van der Waals surface area contributed by atoms with Crippen LogP contribution >= 0.6 is 0 Å². The predicted octanol–water partition coefficient (Wildman–Crippen LogP) is 4.11. The monoisotopic (exact) mass is 401 g/mol. The van der Waals surface area contributed by atoms with E-state index < -0.39 is 29.3 Å². The van der Waals surface area contributed by atoms with Crippen molar-refractivity contribution >= 4 is 11.6 Å². The van der Waals surface area contributed by atoms with Gasteiger partial charge in [0.25, 0.3) is 0 Å². The van der Waals surface area contributed by atoms with E-state index in [9.17, 15) is 23.9 Å². The summed E-state index contributed by atoms with van der Waals surface area (Å²) < 4.78 is 36.8. The first-order valence-electron chi connectivity index (χ1n) is 8.47. The minimum Gasteiger partial charge on any atom is -0.496 e. The Hall–Kier alpha value is -3.67. The van der Waals surface area contributed by atoms with E-state index in [-0.39, 0.29) is 5.75 Å². The lowest BCUT2D eigenvalue weighted by molar-refractivity contribution is -0.0504. The van der Waals surface area contributed by atoms with Crippen LogP contribution in [0, 0.1) is 11.3 Å². The number of aromatic nitrogens is 2. The molecule has 0 bridgehead atoms. The normalized spacial score (nSPS) is 11.5. The van der Waals surface area contributed by atoms with Crippen molar-refractivity contribution in [1.82, 2.24) is 9.38 Å². The summed E-state index contributed by atoms with van der Waals surface area (Å²) in [7, 11) is 1.24. The summed E-state index contributed by atoms with van der Waals surface area (Å²) >= 11 is 0. The average molecular weight is 401 g/mol. The molecule has 7 nitrogen and oxygen atoms in total. The molecule has 29 heavy (non-hydrogen) atoms. The number of rotatable bonds is 6. The van der Waals surface area contributed by atoms with E-state index in [0.29, 0.717) is 16.9 Å². The Morgan fingerprint density at radius 1 is 1.31 bits per heavy atom. The molecule has 0 aliphatic carbocycles. The second-order valence-electron chi connectivity index (χ2n) is 6.76. The number of fused-ring (bicyclic) bond motifs is 1. The van der Waals surface area contributed by atoms with Gasteiger partial charge in [0.1, 0.15) is 22.7 Å². The molecule has 150 valence electrons. The number of halogens is 2. The first-order valence-corrected chi connectivity index (χ1v) is 8.47. The number of imidazole rings is 1. The number of aromatic carboxylic acids is 1. The third kappa shape index (κ3) is 3.69. The number of alkyl halides is 2. The van der Waals surface area contributed by atoms with Gasteiger partial charge in [-0.05, 0) is 43.7 Å². The van der Waals surface area contributed by atoms with E-state index >= 15 is 0 Å². The second kappa shape index (κ2) is 7.39. The number of pyridine rings is 1. The van der Waals surface area contributed by atoms with Crippen LogP contribution in [0.2, 0.25) is 0 Å². The van der Waals surface area contributed by atoms with Crippen LogP contribution in [0.3, 0.4) is 0 Å². The quantitative estimate of drug-likeness (QED) is 0.668. The Labute approximate surface area is 164 Å². The zero-order valence-electron chi connectivity index (χ0n) is 15.8. The fourth-order valence-electron chi connectivity index (χ4n) is 2.95. The van der Waals surface area contributed by atoms with E-state index in [4.69, 9.17) is 4.74 Å². The molecule has 0 amide bonds. The molecule has 0 fully saturated rings. The molecular weight excluding hydrogens is 384 g/mol. The maximum absolute atomic E-state index is 12.8. The van der Waals surface area contributed by atoms with Crippen LogP contribution in [-0.4, -0.2) is 34.2 Å².